The summed E-state index contributed by atoms with van der Waals surface area (Å²) >= 11 is 0. The third-order valence-electron chi connectivity index (χ3n) is 3.26. The third-order valence-corrected chi connectivity index (χ3v) is 3.26. The summed E-state index contributed by atoms with van der Waals surface area (Å²) in [6.45, 7) is 4.65. The minimum Gasteiger partial charge on any atom is -0.326 e. The number of hydrogen-bond donors (Lipinski definition) is 0. The van der Waals surface area contributed by atoms with E-state index in [1.807, 2.05) is 62.5 Å². The molecule has 1 heterocycles. The minimum absolute atomic E-state index is 0.647. The summed E-state index contributed by atoms with van der Waals surface area (Å²) in [5.41, 5.74) is 3.89. The van der Waals surface area contributed by atoms with Crippen molar-refractivity contribution in [3.8, 4) is 17.3 Å². The van der Waals surface area contributed by atoms with Gasteiger partial charge in [0.25, 0.3) is 0 Å². The number of nitrogens with zero attached hydrogens (tertiary/aromatic N) is 3. The standard InChI is InChI=1S/C17H13N3.C2H6/c18-10-15-8-4-5-9-16(15)12-20-13-19-11-17(20)14-6-2-1-3-7-14;1-2/h1-9,11,13H,12H2;1-2H3. The molecule has 3 rings (SSSR count). The van der Waals surface area contributed by atoms with Crippen LogP contribution < -0.4 is 0 Å². The Kier molecular flexibility index (Phi) is 5.50. The van der Waals surface area contributed by atoms with Crippen LogP contribution in [0.15, 0.2) is 67.1 Å². The van der Waals surface area contributed by atoms with Crippen LogP contribution in [-0.2, 0) is 6.54 Å². The van der Waals surface area contributed by atoms with Gasteiger partial charge < -0.3 is 4.57 Å². The Balaban J connectivity index is 0.000000847. The average molecular weight is 289 g/mol. The van der Waals surface area contributed by atoms with Crippen molar-refractivity contribution >= 4 is 0 Å². The van der Waals surface area contributed by atoms with Crippen LogP contribution in [0, 0.1) is 11.3 Å². The molecule has 0 saturated carbocycles. The van der Waals surface area contributed by atoms with Crippen LogP contribution in [0.5, 0.6) is 0 Å². The summed E-state index contributed by atoms with van der Waals surface area (Å²) in [4.78, 5) is 4.23. The maximum atomic E-state index is 9.16. The largest absolute Gasteiger partial charge is 0.326 e. The fourth-order valence-electron chi connectivity index (χ4n) is 2.25. The van der Waals surface area contributed by atoms with Crippen molar-refractivity contribution in [2.24, 2.45) is 0 Å². The lowest BCUT2D eigenvalue weighted by molar-refractivity contribution is 0.802. The molecular weight excluding hydrogens is 270 g/mol. The lowest BCUT2D eigenvalue weighted by atomic mass is 10.1. The molecule has 22 heavy (non-hydrogen) atoms. The maximum Gasteiger partial charge on any atom is 0.0995 e. The van der Waals surface area contributed by atoms with Crippen molar-refractivity contribution in [2.45, 2.75) is 20.4 Å². The van der Waals surface area contributed by atoms with E-state index in [1.165, 1.54) is 0 Å². The minimum atomic E-state index is 0.647. The molecule has 0 fully saturated rings. The Morgan fingerprint density at radius 3 is 2.41 bits per heavy atom. The molecule has 0 radical (unpaired) electrons. The molecule has 0 amide bonds. The van der Waals surface area contributed by atoms with E-state index in [1.54, 1.807) is 6.33 Å². The lowest BCUT2D eigenvalue weighted by Crippen LogP contribution is -2.02. The Bertz CT molecular complexity index is 752. The first-order valence-electron chi connectivity index (χ1n) is 7.42. The molecule has 3 nitrogen and oxygen atoms in total. The van der Waals surface area contributed by atoms with Gasteiger partial charge in [-0.3, -0.25) is 0 Å². The van der Waals surface area contributed by atoms with Crippen LogP contribution in [-0.4, -0.2) is 9.55 Å². The monoisotopic (exact) mass is 289 g/mol. The zero-order chi connectivity index (χ0) is 15.8. The van der Waals surface area contributed by atoms with Gasteiger partial charge in [-0.1, -0.05) is 62.4 Å². The molecule has 0 saturated heterocycles. The molecule has 0 atom stereocenters. The Hall–Kier alpha value is -2.86. The second kappa shape index (κ2) is 7.80. The molecule has 2 aromatic carbocycles. The highest BCUT2D eigenvalue weighted by molar-refractivity contribution is 5.58. The fraction of sp³-hybridized carbons (Fsp3) is 0.158. The third kappa shape index (κ3) is 3.42. The molecule has 3 heteroatoms. The average Bonchev–Trinajstić information content (AvgIpc) is 3.06. The zero-order valence-corrected chi connectivity index (χ0v) is 12.9. The van der Waals surface area contributed by atoms with Gasteiger partial charge in [0.1, 0.15) is 0 Å². The second-order valence-electron chi connectivity index (χ2n) is 4.54. The summed E-state index contributed by atoms with van der Waals surface area (Å²) in [5, 5.41) is 9.16. The van der Waals surface area contributed by atoms with Gasteiger partial charge in [0.15, 0.2) is 0 Å². The van der Waals surface area contributed by atoms with E-state index >= 15 is 0 Å². The number of imidazole rings is 1. The molecular formula is C19H19N3. The molecule has 0 aliphatic heterocycles. The second-order valence-corrected chi connectivity index (χ2v) is 4.54. The van der Waals surface area contributed by atoms with E-state index in [-0.39, 0.29) is 0 Å². The Labute approximate surface area is 131 Å². The highest BCUT2D eigenvalue weighted by Crippen LogP contribution is 2.20. The van der Waals surface area contributed by atoms with E-state index in [9.17, 15) is 0 Å². The van der Waals surface area contributed by atoms with Crippen molar-refractivity contribution in [1.82, 2.24) is 9.55 Å². The van der Waals surface area contributed by atoms with E-state index in [4.69, 9.17) is 5.26 Å². The topological polar surface area (TPSA) is 41.6 Å². The Morgan fingerprint density at radius 1 is 1.00 bits per heavy atom. The van der Waals surface area contributed by atoms with Crippen LogP contribution in [0.1, 0.15) is 25.0 Å². The van der Waals surface area contributed by atoms with Crippen LogP contribution in [0.4, 0.5) is 0 Å². The van der Waals surface area contributed by atoms with Crippen molar-refractivity contribution in [3.63, 3.8) is 0 Å². The van der Waals surface area contributed by atoms with Gasteiger partial charge in [0.05, 0.1) is 36.4 Å². The van der Waals surface area contributed by atoms with E-state index < -0.39 is 0 Å². The first-order valence-corrected chi connectivity index (χ1v) is 7.42. The first-order chi connectivity index (χ1) is 10.9. The van der Waals surface area contributed by atoms with Crippen LogP contribution in [0.2, 0.25) is 0 Å². The van der Waals surface area contributed by atoms with E-state index in [0.717, 1.165) is 16.8 Å². The van der Waals surface area contributed by atoms with Crippen molar-refractivity contribution in [2.75, 3.05) is 0 Å². The summed E-state index contributed by atoms with van der Waals surface area (Å²) < 4.78 is 2.06. The van der Waals surface area contributed by atoms with Gasteiger partial charge in [-0.15, -0.1) is 0 Å². The van der Waals surface area contributed by atoms with Gasteiger partial charge in [-0.05, 0) is 17.2 Å². The normalized spacial score (nSPS) is 9.50. The van der Waals surface area contributed by atoms with Crippen molar-refractivity contribution in [3.05, 3.63) is 78.2 Å². The van der Waals surface area contributed by atoms with Crippen LogP contribution in [0.25, 0.3) is 11.3 Å². The number of rotatable bonds is 3. The maximum absolute atomic E-state index is 9.16. The molecule has 1 aromatic heterocycles. The van der Waals surface area contributed by atoms with Crippen LogP contribution in [0.3, 0.4) is 0 Å². The molecule has 0 aliphatic carbocycles. The van der Waals surface area contributed by atoms with E-state index in [0.29, 0.717) is 12.1 Å². The number of aromatic nitrogens is 2. The lowest BCUT2D eigenvalue weighted by Gasteiger charge is -2.09. The molecule has 3 aromatic rings. The van der Waals surface area contributed by atoms with Gasteiger partial charge in [-0.25, -0.2) is 4.98 Å². The summed E-state index contributed by atoms with van der Waals surface area (Å²) in [7, 11) is 0. The summed E-state index contributed by atoms with van der Waals surface area (Å²) in [5.74, 6) is 0. The number of benzene rings is 2. The highest BCUT2D eigenvalue weighted by atomic mass is 15.0. The summed E-state index contributed by atoms with van der Waals surface area (Å²) in [6.07, 6.45) is 3.65. The van der Waals surface area contributed by atoms with Gasteiger partial charge in [0.2, 0.25) is 0 Å². The smallest absolute Gasteiger partial charge is 0.0995 e. The SMILES string of the molecule is CC.N#Cc1ccccc1Cn1cncc1-c1ccccc1. The fourth-order valence-corrected chi connectivity index (χ4v) is 2.25. The van der Waals surface area contributed by atoms with Crippen LogP contribution >= 0.6 is 0 Å². The first kappa shape index (κ1) is 15.5. The predicted octanol–water partition coefficient (Wildman–Crippen LogP) is 4.50. The summed E-state index contributed by atoms with van der Waals surface area (Å²) in [6, 6.07) is 20.0. The molecule has 0 unspecified atom stereocenters. The molecule has 0 spiro atoms. The Morgan fingerprint density at radius 2 is 1.68 bits per heavy atom. The van der Waals surface area contributed by atoms with E-state index in [2.05, 4.69) is 27.8 Å². The quantitative estimate of drug-likeness (QED) is 0.712. The van der Waals surface area contributed by atoms with Crippen molar-refractivity contribution in [1.29, 1.82) is 5.26 Å². The molecule has 0 N–H and O–H groups in total. The molecule has 0 bridgehead atoms. The van der Waals surface area contributed by atoms with Gasteiger partial charge >= 0.3 is 0 Å². The van der Waals surface area contributed by atoms with Gasteiger partial charge in [0, 0.05) is 0 Å². The number of hydrogen-bond acceptors (Lipinski definition) is 2. The van der Waals surface area contributed by atoms with Crippen molar-refractivity contribution < 1.29 is 0 Å². The highest BCUT2D eigenvalue weighted by Gasteiger charge is 2.07. The molecule has 0 aliphatic rings. The zero-order valence-electron chi connectivity index (χ0n) is 12.9. The molecule has 110 valence electrons. The van der Waals surface area contributed by atoms with Gasteiger partial charge in [-0.2, -0.15) is 5.26 Å². The predicted molar refractivity (Wildman–Crippen MR) is 89.3 cm³/mol. The number of nitriles is 1.